The van der Waals surface area contributed by atoms with E-state index in [1.165, 1.54) is 15.6 Å². The topological polar surface area (TPSA) is 79.4 Å². The zero-order valence-corrected chi connectivity index (χ0v) is 11.6. The van der Waals surface area contributed by atoms with Crippen LogP contribution in [0.25, 0.3) is 0 Å². The van der Waals surface area contributed by atoms with E-state index in [0.717, 1.165) is 19.1 Å². The summed E-state index contributed by atoms with van der Waals surface area (Å²) in [5.41, 5.74) is 0. The number of rotatable bonds is 3. The zero-order valence-electron chi connectivity index (χ0n) is 10.00. The Balaban J connectivity index is 2.11. The summed E-state index contributed by atoms with van der Waals surface area (Å²) in [4.78, 5) is 16.0. The normalized spacial score (nSPS) is 21.7. The molecule has 1 N–H and O–H groups in total. The molecule has 1 aromatic rings. The monoisotopic (exact) mass is 289 g/mol. The van der Waals surface area contributed by atoms with Crippen molar-refractivity contribution in [2.24, 2.45) is 0 Å². The van der Waals surface area contributed by atoms with E-state index < -0.39 is 16.1 Å². The third-order valence-electron chi connectivity index (χ3n) is 2.84. The van der Waals surface area contributed by atoms with Crippen LogP contribution in [0.15, 0.2) is 11.6 Å². The van der Waals surface area contributed by atoms with E-state index in [1.54, 1.807) is 11.6 Å². The van der Waals surface area contributed by atoms with Crippen LogP contribution >= 0.6 is 11.3 Å². The minimum absolute atomic E-state index is 0.296. The highest BCUT2D eigenvalue weighted by Gasteiger charge is 2.34. The smallest absolute Gasteiger partial charge is 0.244 e. The first-order valence-electron chi connectivity index (χ1n) is 5.65. The van der Waals surface area contributed by atoms with Crippen LogP contribution in [0.4, 0.5) is 5.13 Å². The van der Waals surface area contributed by atoms with Gasteiger partial charge in [-0.25, -0.2) is 13.4 Å². The first kappa shape index (κ1) is 13.4. The molecule has 0 radical (unpaired) electrons. The molecule has 0 unspecified atom stereocenters. The van der Waals surface area contributed by atoms with Crippen molar-refractivity contribution >= 4 is 32.4 Å². The number of nitrogens with zero attached hydrogens (tertiary/aromatic N) is 2. The molecule has 1 amide bonds. The van der Waals surface area contributed by atoms with Crippen LogP contribution in [-0.4, -0.2) is 42.5 Å². The fourth-order valence-electron chi connectivity index (χ4n) is 2.04. The number of anilines is 1. The summed E-state index contributed by atoms with van der Waals surface area (Å²) in [5, 5.41) is 4.91. The second-order valence-corrected chi connectivity index (χ2v) is 7.04. The molecule has 1 aliphatic heterocycles. The Morgan fingerprint density at radius 1 is 1.56 bits per heavy atom. The second kappa shape index (κ2) is 5.33. The van der Waals surface area contributed by atoms with Crippen LogP contribution in [0.2, 0.25) is 0 Å². The van der Waals surface area contributed by atoms with Crippen LogP contribution in [0.1, 0.15) is 19.3 Å². The molecule has 2 rings (SSSR count). The molecule has 6 nitrogen and oxygen atoms in total. The molecule has 0 aromatic carbocycles. The summed E-state index contributed by atoms with van der Waals surface area (Å²) >= 11 is 1.31. The molecule has 18 heavy (non-hydrogen) atoms. The fraction of sp³-hybridized carbons (Fsp3) is 0.600. The van der Waals surface area contributed by atoms with Crippen LogP contribution in [0, 0.1) is 0 Å². The molecular formula is C10H15N3O3S2. The molecule has 1 aliphatic rings. The SMILES string of the molecule is CS(=O)(=O)N1CCCC[C@@H]1C(=O)Nc1nccs1. The van der Waals surface area contributed by atoms with Gasteiger partial charge in [0.1, 0.15) is 6.04 Å². The van der Waals surface area contributed by atoms with Gasteiger partial charge in [-0.15, -0.1) is 11.3 Å². The van der Waals surface area contributed by atoms with Gasteiger partial charge in [-0.2, -0.15) is 4.31 Å². The number of carbonyl (C=O) groups is 1. The van der Waals surface area contributed by atoms with E-state index >= 15 is 0 Å². The maximum absolute atomic E-state index is 12.1. The Morgan fingerprint density at radius 2 is 2.33 bits per heavy atom. The molecule has 100 valence electrons. The highest BCUT2D eigenvalue weighted by molar-refractivity contribution is 7.88. The van der Waals surface area contributed by atoms with E-state index in [-0.39, 0.29) is 5.91 Å². The van der Waals surface area contributed by atoms with Gasteiger partial charge in [-0.05, 0) is 12.8 Å². The fourth-order valence-corrected chi connectivity index (χ4v) is 3.69. The van der Waals surface area contributed by atoms with Crippen molar-refractivity contribution in [2.45, 2.75) is 25.3 Å². The Morgan fingerprint density at radius 3 is 2.94 bits per heavy atom. The van der Waals surface area contributed by atoms with Crippen LogP contribution in [0.3, 0.4) is 0 Å². The van der Waals surface area contributed by atoms with Crippen molar-refractivity contribution in [3.8, 4) is 0 Å². The standard InChI is InChI=1S/C10H15N3O3S2/c1-18(15,16)13-6-3-2-4-8(13)9(14)12-10-11-5-7-17-10/h5,7-8H,2-4,6H2,1H3,(H,11,12,14)/t8-/m1/s1. The number of thiazole rings is 1. The predicted octanol–water partition coefficient (Wildman–Crippen LogP) is 0.896. The summed E-state index contributed by atoms with van der Waals surface area (Å²) in [7, 11) is -3.34. The third-order valence-corrected chi connectivity index (χ3v) is 4.82. The Hall–Kier alpha value is -0.990. The predicted molar refractivity (Wildman–Crippen MR) is 69.9 cm³/mol. The molecule has 0 spiro atoms. The van der Waals surface area contributed by atoms with Crippen molar-refractivity contribution in [3.63, 3.8) is 0 Å². The maximum Gasteiger partial charge on any atom is 0.244 e. The van der Waals surface area contributed by atoms with Crippen molar-refractivity contribution in [1.82, 2.24) is 9.29 Å². The van der Waals surface area contributed by atoms with Gasteiger partial charge in [-0.1, -0.05) is 6.42 Å². The number of sulfonamides is 1. The lowest BCUT2D eigenvalue weighted by atomic mass is 10.0. The summed E-state index contributed by atoms with van der Waals surface area (Å²) < 4.78 is 24.6. The van der Waals surface area contributed by atoms with Crippen LogP contribution in [0.5, 0.6) is 0 Å². The first-order chi connectivity index (χ1) is 8.48. The van der Waals surface area contributed by atoms with Crippen LogP contribution < -0.4 is 5.32 Å². The van der Waals surface area contributed by atoms with Gasteiger partial charge < -0.3 is 5.32 Å². The van der Waals surface area contributed by atoms with E-state index in [1.807, 2.05) is 0 Å². The van der Waals surface area contributed by atoms with Crippen molar-refractivity contribution < 1.29 is 13.2 Å². The molecule has 0 saturated carbocycles. The van der Waals surface area contributed by atoms with Gasteiger partial charge >= 0.3 is 0 Å². The van der Waals surface area contributed by atoms with E-state index in [0.29, 0.717) is 18.1 Å². The maximum atomic E-state index is 12.1. The van der Waals surface area contributed by atoms with Gasteiger partial charge in [0.15, 0.2) is 5.13 Å². The number of hydrogen-bond acceptors (Lipinski definition) is 5. The number of nitrogens with one attached hydrogen (secondary N) is 1. The van der Waals surface area contributed by atoms with E-state index in [2.05, 4.69) is 10.3 Å². The number of hydrogen-bond donors (Lipinski definition) is 1. The molecule has 2 heterocycles. The molecule has 1 fully saturated rings. The lowest BCUT2D eigenvalue weighted by Crippen LogP contribution is -2.49. The number of carbonyl (C=O) groups excluding carboxylic acids is 1. The zero-order chi connectivity index (χ0) is 13.2. The quantitative estimate of drug-likeness (QED) is 0.896. The number of aromatic nitrogens is 1. The number of piperidine rings is 1. The minimum Gasteiger partial charge on any atom is -0.301 e. The molecular weight excluding hydrogens is 274 g/mol. The van der Waals surface area contributed by atoms with Gasteiger partial charge in [0.2, 0.25) is 15.9 Å². The van der Waals surface area contributed by atoms with Gasteiger partial charge in [-0.3, -0.25) is 4.79 Å². The lowest BCUT2D eigenvalue weighted by Gasteiger charge is -2.32. The Kier molecular flexibility index (Phi) is 3.98. The molecule has 1 atom stereocenters. The summed E-state index contributed by atoms with van der Waals surface area (Å²) in [5.74, 6) is -0.296. The Labute approximate surface area is 110 Å². The van der Waals surface area contributed by atoms with Crippen molar-refractivity contribution in [3.05, 3.63) is 11.6 Å². The highest BCUT2D eigenvalue weighted by Crippen LogP contribution is 2.21. The summed E-state index contributed by atoms with van der Waals surface area (Å²) in [6.07, 6.45) is 4.96. The van der Waals surface area contributed by atoms with Crippen molar-refractivity contribution in [1.29, 1.82) is 0 Å². The van der Waals surface area contributed by atoms with Gasteiger partial charge in [0.25, 0.3) is 0 Å². The van der Waals surface area contributed by atoms with Gasteiger partial charge in [0, 0.05) is 18.1 Å². The summed E-state index contributed by atoms with van der Waals surface area (Å²) in [6, 6.07) is -0.613. The van der Waals surface area contributed by atoms with Crippen LogP contribution in [-0.2, 0) is 14.8 Å². The molecule has 8 heteroatoms. The minimum atomic E-state index is -3.34. The molecule has 0 bridgehead atoms. The third kappa shape index (κ3) is 3.06. The summed E-state index contributed by atoms with van der Waals surface area (Å²) in [6.45, 7) is 0.411. The first-order valence-corrected chi connectivity index (χ1v) is 8.38. The second-order valence-electron chi connectivity index (χ2n) is 4.21. The largest absolute Gasteiger partial charge is 0.301 e. The molecule has 0 aliphatic carbocycles. The van der Waals surface area contributed by atoms with Gasteiger partial charge in [0.05, 0.1) is 6.26 Å². The highest BCUT2D eigenvalue weighted by atomic mass is 32.2. The number of amides is 1. The average Bonchev–Trinajstić information content (AvgIpc) is 2.80. The molecule has 1 aromatic heterocycles. The van der Waals surface area contributed by atoms with Crippen molar-refractivity contribution in [2.75, 3.05) is 18.1 Å². The van der Waals surface area contributed by atoms with E-state index in [4.69, 9.17) is 0 Å². The molecule has 1 saturated heterocycles. The van der Waals surface area contributed by atoms with E-state index in [9.17, 15) is 13.2 Å². The lowest BCUT2D eigenvalue weighted by molar-refractivity contribution is -0.120. The average molecular weight is 289 g/mol. The Bertz CT molecular complexity index is 512.